The van der Waals surface area contributed by atoms with E-state index in [1.807, 2.05) is 32.9 Å². The van der Waals surface area contributed by atoms with Crippen molar-refractivity contribution in [2.24, 2.45) is 0 Å². The normalized spacial score (nSPS) is 10.7. The first-order valence-electron chi connectivity index (χ1n) is 5.14. The Kier molecular flexibility index (Phi) is 4.85. The minimum Gasteiger partial charge on any atom is -0.372 e. The van der Waals surface area contributed by atoms with Crippen molar-refractivity contribution in [3.05, 3.63) is 22.8 Å². The highest BCUT2D eigenvalue weighted by molar-refractivity contribution is 6.31. The van der Waals surface area contributed by atoms with Crippen molar-refractivity contribution in [1.82, 2.24) is 4.98 Å². The predicted octanol–water partition coefficient (Wildman–Crippen LogP) is 3.09. The summed E-state index contributed by atoms with van der Waals surface area (Å²) in [6, 6.07) is 3.70. The molecule has 1 aromatic rings. The summed E-state index contributed by atoms with van der Waals surface area (Å²) in [4.78, 5) is 4.37. The highest BCUT2D eigenvalue weighted by Crippen LogP contribution is 2.17. The van der Waals surface area contributed by atoms with Crippen LogP contribution in [0, 0.1) is 0 Å². The smallest absolute Gasteiger partial charge is 0.126 e. The van der Waals surface area contributed by atoms with Gasteiger partial charge in [0.05, 0.1) is 23.4 Å². The number of nitrogens with one attached hydrogen (secondary N) is 1. The fourth-order valence-corrected chi connectivity index (χ4v) is 1.27. The second-order valence-corrected chi connectivity index (χ2v) is 3.92. The van der Waals surface area contributed by atoms with E-state index >= 15 is 0 Å². The van der Waals surface area contributed by atoms with Crippen LogP contribution in [-0.2, 0) is 11.3 Å². The van der Waals surface area contributed by atoms with Crippen molar-refractivity contribution >= 4 is 17.4 Å². The van der Waals surface area contributed by atoms with E-state index in [0.717, 1.165) is 18.1 Å². The molecule has 0 saturated carbocycles. The number of hydrogen-bond donors (Lipinski definition) is 1. The molecule has 1 N–H and O–H groups in total. The second kappa shape index (κ2) is 5.93. The van der Waals surface area contributed by atoms with E-state index in [4.69, 9.17) is 16.3 Å². The second-order valence-electron chi connectivity index (χ2n) is 3.52. The fraction of sp³-hybridized carbons (Fsp3) is 0.545. The molecule has 84 valence electrons. The van der Waals surface area contributed by atoms with Crippen molar-refractivity contribution in [1.29, 1.82) is 0 Å². The van der Waals surface area contributed by atoms with Crippen LogP contribution in [0.2, 0.25) is 5.02 Å². The predicted molar refractivity (Wildman–Crippen MR) is 63.3 cm³/mol. The lowest BCUT2D eigenvalue weighted by Crippen LogP contribution is -2.06. The van der Waals surface area contributed by atoms with Crippen LogP contribution in [0.1, 0.15) is 26.5 Å². The van der Waals surface area contributed by atoms with Gasteiger partial charge in [-0.2, -0.15) is 0 Å². The molecule has 0 aliphatic heterocycles. The molecular formula is C11H17ClN2O. The van der Waals surface area contributed by atoms with Crippen LogP contribution in [0.25, 0.3) is 0 Å². The summed E-state index contributed by atoms with van der Waals surface area (Å²) in [6.07, 6.45) is 0.186. The standard InChI is InChI=1S/C11H17ClN2O/c1-4-13-11-6-5-9(12)10(14-11)7-15-8(2)3/h5-6,8H,4,7H2,1-3H3,(H,13,14). The first kappa shape index (κ1) is 12.3. The quantitative estimate of drug-likeness (QED) is 0.841. The van der Waals surface area contributed by atoms with Gasteiger partial charge in [-0.1, -0.05) is 11.6 Å². The van der Waals surface area contributed by atoms with Crippen molar-refractivity contribution in [2.75, 3.05) is 11.9 Å². The molecule has 0 unspecified atom stereocenters. The summed E-state index contributed by atoms with van der Waals surface area (Å²) in [5.41, 5.74) is 0.781. The van der Waals surface area contributed by atoms with E-state index in [1.165, 1.54) is 0 Å². The van der Waals surface area contributed by atoms with E-state index in [0.29, 0.717) is 11.6 Å². The lowest BCUT2D eigenvalue weighted by atomic mass is 10.3. The Balaban J connectivity index is 2.71. The van der Waals surface area contributed by atoms with Gasteiger partial charge >= 0.3 is 0 Å². The third-order valence-corrected chi connectivity index (χ3v) is 2.17. The average Bonchev–Trinajstić information content (AvgIpc) is 2.19. The summed E-state index contributed by atoms with van der Waals surface area (Å²) in [7, 11) is 0. The monoisotopic (exact) mass is 228 g/mol. The Morgan fingerprint density at radius 3 is 2.80 bits per heavy atom. The first-order chi connectivity index (χ1) is 7.13. The minimum atomic E-state index is 0.186. The van der Waals surface area contributed by atoms with E-state index in [1.54, 1.807) is 0 Å². The molecule has 0 aromatic carbocycles. The van der Waals surface area contributed by atoms with Gasteiger partial charge in [0.1, 0.15) is 5.82 Å². The molecule has 4 heteroatoms. The minimum absolute atomic E-state index is 0.186. The SMILES string of the molecule is CCNc1ccc(Cl)c(COC(C)C)n1. The maximum absolute atomic E-state index is 6.01. The van der Waals surface area contributed by atoms with Crippen LogP contribution in [0.5, 0.6) is 0 Å². The van der Waals surface area contributed by atoms with Gasteiger partial charge in [-0.3, -0.25) is 0 Å². The number of pyridine rings is 1. The lowest BCUT2D eigenvalue weighted by molar-refractivity contribution is 0.0637. The Morgan fingerprint density at radius 1 is 1.47 bits per heavy atom. The highest BCUT2D eigenvalue weighted by Gasteiger charge is 2.04. The van der Waals surface area contributed by atoms with E-state index in [2.05, 4.69) is 10.3 Å². The molecule has 3 nitrogen and oxygen atoms in total. The average molecular weight is 229 g/mol. The molecule has 0 fully saturated rings. The van der Waals surface area contributed by atoms with Gasteiger partial charge in [0.25, 0.3) is 0 Å². The topological polar surface area (TPSA) is 34.1 Å². The van der Waals surface area contributed by atoms with Gasteiger partial charge in [0.2, 0.25) is 0 Å². The number of halogens is 1. The molecule has 0 saturated heterocycles. The summed E-state index contributed by atoms with van der Waals surface area (Å²) >= 11 is 6.01. The number of hydrogen-bond acceptors (Lipinski definition) is 3. The largest absolute Gasteiger partial charge is 0.372 e. The number of nitrogens with zero attached hydrogens (tertiary/aromatic N) is 1. The summed E-state index contributed by atoms with van der Waals surface area (Å²) < 4.78 is 5.47. The molecule has 1 aromatic heterocycles. The number of anilines is 1. The molecule has 15 heavy (non-hydrogen) atoms. The lowest BCUT2D eigenvalue weighted by Gasteiger charge is -2.10. The maximum atomic E-state index is 6.01. The Hall–Kier alpha value is -0.800. The van der Waals surface area contributed by atoms with E-state index in [9.17, 15) is 0 Å². The molecule has 0 bridgehead atoms. The van der Waals surface area contributed by atoms with Gasteiger partial charge < -0.3 is 10.1 Å². The van der Waals surface area contributed by atoms with Gasteiger partial charge in [0.15, 0.2) is 0 Å². The first-order valence-corrected chi connectivity index (χ1v) is 5.52. The van der Waals surface area contributed by atoms with Crippen LogP contribution in [-0.4, -0.2) is 17.6 Å². The summed E-state index contributed by atoms with van der Waals surface area (Å²) in [6.45, 7) is 7.31. The molecule has 0 amide bonds. The molecule has 1 heterocycles. The molecule has 0 spiro atoms. The van der Waals surface area contributed by atoms with E-state index in [-0.39, 0.29) is 6.10 Å². The van der Waals surface area contributed by atoms with Crippen LogP contribution < -0.4 is 5.32 Å². The van der Waals surface area contributed by atoms with Crippen LogP contribution in [0.4, 0.5) is 5.82 Å². The molecule has 0 atom stereocenters. The third kappa shape index (κ3) is 4.06. The van der Waals surface area contributed by atoms with Gasteiger partial charge in [-0.15, -0.1) is 0 Å². The Bertz CT molecular complexity index is 315. The fourth-order valence-electron chi connectivity index (χ4n) is 1.11. The van der Waals surface area contributed by atoms with Gasteiger partial charge in [-0.05, 0) is 32.9 Å². The Morgan fingerprint density at radius 2 is 2.20 bits per heavy atom. The van der Waals surface area contributed by atoms with Crippen molar-refractivity contribution < 1.29 is 4.74 Å². The zero-order valence-corrected chi connectivity index (χ0v) is 10.1. The van der Waals surface area contributed by atoms with Crippen LogP contribution in [0.3, 0.4) is 0 Å². The number of aromatic nitrogens is 1. The molecule has 0 aliphatic carbocycles. The van der Waals surface area contributed by atoms with Crippen molar-refractivity contribution in [3.63, 3.8) is 0 Å². The van der Waals surface area contributed by atoms with Gasteiger partial charge in [-0.25, -0.2) is 4.98 Å². The molecular weight excluding hydrogens is 212 g/mol. The van der Waals surface area contributed by atoms with Gasteiger partial charge in [0, 0.05) is 6.54 Å². The highest BCUT2D eigenvalue weighted by atomic mass is 35.5. The molecule has 0 aliphatic rings. The summed E-state index contributed by atoms with van der Waals surface area (Å²) in [5.74, 6) is 0.837. The third-order valence-electron chi connectivity index (χ3n) is 1.83. The summed E-state index contributed by atoms with van der Waals surface area (Å²) in [5, 5.41) is 3.79. The number of ether oxygens (including phenoxy) is 1. The van der Waals surface area contributed by atoms with Crippen LogP contribution in [0.15, 0.2) is 12.1 Å². The zero-order chi connectivity index (χ0) is 11.3. The Labute approximate surface area is 95.8 Å². The van der Waals surface area contributed by atoms with Crippen LogP contribution >= 0.6 is 11.6 Å². The molecule has 0 radical (unpaired) electrons. The van der Waals surface area contributed by atoms with Crippen molar-refractivity contribution in [2.45, 2.75) is 33.5 Å². The zero-order valence-electron chi connectivity index (χ0n) is 9.38. The molecule has 1 rings (SSSR count). The number of rotatable bonds is 5. The van der Waals surface area contributed by atoms with Crippen molar-refractivity contribution in [3.8, 4) is 0 Å². The van der Waals surface area contributed by atoms with E-state index < -0.39 is 0 Å². The maximum Gasteiger partial charge on any atom is 0.126 e.